The third-order valence-electron chi connectivity index (χ3n) is 1.14. The van der Waals surface area contributed by atoms with Crippen LogP contribution in [0.3, 0.4) is 0 Å². The van der Waals surface area contributed by atoms with Gasteiger partial charge in [0, 0.05) is 13.1 Å². The van der Waals surface area contributed by atoms with Crippen molar-refractivity contribution in [2.24, 2.45) is 4.99 Å². The second kappa shape index (κ2) is 2.44. The van der Waals surface area contributed by atoms with Crippen molar-refractivity contribution in [3.05, 3.63) is 18.0 Å². The molecule has 9 heavy (non-hydrogen) atoms. The van der Waals surface area contributed by atoms with Gasteiger partial charge in [-0.2, -0.15) is 0 Å². The molecular weight excluding hydrogens is 116 g/mol. The Morgan fingerprint density at radius 2 is 2.56 bits per heavy atom. The van der Waals surface area contributed by atoms with Crippen LogP contribution in [-0.2, 0) is 0 Å². The molecule has 0 saturated heterocycles. The fourth-order valence-corrected chi connectivity index (χ4v) is 0.514. The predicted octanol–water partition coefficient (Wildman–Crippen LogP) is 1.11. The van der Waals surface area contributed by atoms with E-state index in [2.05, 4.69) is 14.7 Å². The molecule has 0 aliphatic rings. The Labute approximate surface area is 53.4 Å². The summed E-state index contributed by atoms with van der Waals surface area (Å²) >= 11 is 0. The monoisotopic (exact) mass is 124 g/mol. The topological polar surface area (TPSA) is 38.4 Å². The van der Waals surface area contributed by atoms with Gasteiger partial charge in [-0.1, -0.05) is 5.16 Å². The molecule has 1 rings (SSSR count). The smallest absolute Gasteiger partial charge is 0.127 e. The van der Waals surface area contributed by atoms with E-state index >= 15 is 0 Å². The first-order chi connectivity index (χ1) is 4.34. The highest BCUT2D eigenvalue weighted by molar-refractivity contribution is 5.96. The molecule has 0 radical (unpaired) electrons. The third-order valence-corrected chi connectivity index (χ3v) is 1.14. The summed E-state index contributed by atoms with van der Waals surface area (Å²) < 4.78 is 4.61. The Kier molecular flexibility index (Phi) is 1.63. The zero-order valence-corrected chi connectivity index (χ0v) is 5.46. The lowest BCUT2D eigenvalue weighted by molar-refractivity contribution is 0.418. The van der Waals surface area contributed by atoms with Gasteiger partial charge >= 0.3 is 0 Å². The Morgan fingerprint density at radius 3 is 3.00 bits per heavy atom. The van der Waals surface area contributed by atoms with Crippen LogP contribution in [0.15, 0.2) is 21.8 Å². The highest BCUT2D eigenvalue weighted by Gasteiger charge is 1.96. The standard InChI is InChI=1S/C6H8N2O/c1-5(7-2)6-3-4-9-8-6/h3-4H,1-2H3. The molecule has 0 spiro atoms. The van der Waals surface area contributed by atoms with Gasteiger partial charge in [-0.3, -0.25) is 4.99 Å². The number of rotatable bonds is 1. The first-order valence-corrected chi connectivity index (χ1v) is 2.68. The van der Waals surface area contributed by atoms with E-state index < -0.39 is 0 Å². The summed E-state index contributed by atoms with van der Waals surface area (Å²) in [7, 11) is 1.73. The molecule has 0 aliphatic carbocycles. The second-order valence-corrected chi connectivity index (χ2v) is 1.69. The van der Waals surface area contributed by atoms with Gasteiger partial charge in [0.1, 0.15) is 12.0 Å². The summed E-state index contributed by atoms with van der Waals surface area (Å²) in [4.78, 5) is 3.93. The first-order valence-electron chi connectivity index (χ1n) is 2.68. The van der Waals surface area contributed by atoms with Crippen LogP contribution in [0.5, 0.6) is 0 Å². The molecular formula is C6H8N2O. The molecule has 0 atom stereocenters. The average molecular weight is 124 g/mol. The van der Waals surface area contributed by atoms with Gasteiger partial charge in [0.15, 0.2) is 0 Å². The van der Waals surface area contributed by atoms with Crippen LogP contribution in [0.2, 0.25) is 0 Å². The number of nitrogens with zero attached hydrogens (tertiary/aromatic N) is 2. The minimum atomic E-state index is 0.803. The van der Waals surface area contributed by atoms with E-state index in [1.165, 1.54) is 6.26 Å². The number of hydrogen-bond acceptors (Lipinski definition) is 3. The van der Waals surface area contributed by atoms with Crippen molar-refractivity contribution < 1.29 is 4.52 Å². The lowest BCUT2D eigenvalue weighted by Crippen LogP contribution is -1.92. The highest BCUT2D eigenvalue weighted by Crippen LogP contribution is 1.95. The summed E-state index contributed by atoms with van der Waals surface area (Å²) in [6.45, 7) is 1.89. The van der Waals surface area contributed by atoms with Crippen LogP contribution in [0.4, 0.5) is 0 Å². The van der Waals surface area contributed by atoms with Crippen LogP contribution in [-0.4, -0.2) is 17.9 Å². The van der Waals surface area contributed by atoms with Crippen LogP contribution in [0.1, 0.15) is 12.6 Å². The zero-order chi connectivity index (χ0) is 6.69. The van der Waals surface area contributed by atoms with Gasteiger partial charge < -0.3 is 4.52 Å². The molecule has 0 N–H and O–H groups in total. The normalized spacial score (nSPS) is 12.0. The highest BCUT2D eigenvalue weighted by atomic mass is 16.5. The predicted molar refractivity (Wildman–Crippen MR) is 34.6 cm³/mol. The molecule has 1 heterocycles. The van der Waals surface area contributed by atoms with E-state index in [1.807, 2.05) is 6.92 Å². The van der Waals surface area contributed by atoms with Gasteiger partial charge in [-0.05, 0) is 6.92 Å². The largest absolute Gasteiger partial charge is 0.364 e. The number of hydrogen-bond donors (Lipinski definition) is 0. The lowest BCUT2D eigenvalue weighted by atomic mass is 10.3. The van der Waals surface area contributed by atoms with E-state index in [0.29, 0.717) is 0 Å². The molecule has 1 aromatic heterocycles. The molecule has 0 bridgehead atoms. The van der Waals surface area contributed by atoms with Crippen molar-refractivity contribution >= 4 is 5.71 Å². The second-order valence-electron chi connectivity index (χ2n) is 1.69. The van der Waals surface area contributed by atoms with Gasteiger partial charge in [-0.25, -0.2) is 0 Å². The third kappa shape index (κ3) is 1.16. The Balaban J connectivity index is 2.90. The number of aliphatic imine (C=N–C) groups is 1. The summed E-state index contributed by atoms with van der Waals surface area (Å²) in [5.74, 6) is 0. The van der Waals surface area contributed by atoms with Crippen LogP contribution < -0.4 is 0 Å². The van der Waals surface area contributed by atoms with E-state index in [0.717, 1.165) is 11.4 Å². The van der Waals surface area contributed by atoms with Crippen molar-refractivity contribution in [2.45, 2.75) is 6.92 Å². The maximum Gasteiger partial charge on any atom is 0.127 e. The maximum absolute atomic E-state index is 4.61. The van der Waals surface area contributed by atoms with Crippen molar-refractivity contribution in [1.82, 2.24) is 5.16 Å². The van der Waals surface area contributed by atoms with E-state index in [-0.39, 0.29) is 0 Å². The van der Waals surface area contributed by atoms with Gasteiger partial charge in [-0.15, -0.1) is 0 Å². The Bertz CT molecular complexity index is 201. The molecule has 3 nitrogen and oxygen atoms in total. The summed E-state index contributed by atoms with van der Waals surface area (Å²) in [6.07, 6.45) is 1.53. The zero-order valence-electron chi connectivity index (χ0n) is 5.46. The van der Waals surface area contributed by atoms with Crippen molar-refractivity contribution in [3.63, 3.8) is 0 Å². The lowest BCUT2D eigenvalue weighted by Gasteiger charge is -1.86. The minimum absolute atomic E-state index is 0.803. The molecule has 0 unspecified atom stereocenters. The van der Waals surface area contributed by atoms with E-state index in [9.17, 15) is 0 Å². The first kappa shape index (κ1) is 6.01. The Hall–Kier alpha value is -1.12. The molecule has 0 amide bonds. The van der Waals surface area contributed by atoms with Gasteiger partial charge in [0.25, 0.3) is 0 Å². The minimum Gasteiger partial charge on any atom is -0.364 e. The maximum atomic E-state index is 4.61. The fourth-order valence-electron chi connectivity index (χ4n) is 0.514. The number of aromatic nitrogens is 1. The fraction of sp³-hybridized carbons (Fsp3) is 0.333. The van der Waals surface area contributed by atoms with Gasteiger partial charge in [0.05, 0.1) is 5.71 Å². The SMILES string of the molecule is CN=C(C)c1ccon1. The van der Waals surface area contributed by atoms with E-state index in [1.54, 1.807) is 13.1 Å². The summed E-state index contributed by atoms with van der Waals surface area (Å²) in [6, 6.07) is 1.78. The van der Waals surface area contributed by atoms with Crippen LogP contribution >= 0.6 is 0 Å². The van der Waals surface area contributed by atoms with Crippen molar-refractivity contribution in [3.8, 4) is 0 Å². The molecule has 0 aliphatic heterocycles. The molecule has 0 fully saturated rings. The van der Waals surface area contributed by atoms with Gasteiger partial charge in [0.2, 0.25) is 0 Å². The molecule has 0 saturated carbocycles. The van der Waals surface area contributed by atoms with E-state index in [4.69, 9.17) is 0 Å². The van der Waals surface area contributed by atoms with Crippen molar-refractivity contribution in [2.75, 3.05) is 7.05 Å². The molecule has 1 aromatic rings. The molecule has 3 heteroatoms. The van der Waals surface area contributed by atoms with Crippen LogP contribution in [0, 0.1) is 0 Å². The van der Waals surface area contributed by atoms with Crippen molar-refractivity contribution in [1.29, 1.82) is 0 Å². The molecule has 0 aromatic carbocycles. The average Bonchev–Trinajstić information content (AvgIpc) is 2.37. The summed E-state index contributed by atoms with van der Waals surface area (Å²) in [5, 5.41) is 3.68. The quantitative estimate of drug-likeness (QED) is 0.526. The summed E-state index contributed by atoms with van der Waals surface area (Å²) in [5.41, 5.74) is 1.70. The van der Waals surface area contributed by atoms with Crippen LogP contribution in [0.25, 0.3) is 0 Å². The molecule has 48 valence electrons. The Morgan fingerprint density at radius 1 is 1.78 bits per heavy atom.